The van der Waals surface area contributed by atoms with Gasteiger partial charge in [-0.1, -0.05) is 13.0 Å². The lowest BCUT2D eigenvalue weighted by Gasteiger charge is -2.28. The van der Waals surface area contributed by atoms with Gasteiger partial charge in [-0.2, -0.15) is 0 Å². The fraction of sp³-hybridized carbons (Fsp3) is 0.375. The molecule has 124 valence electrons. The second kappa shape index (κ2) is 8.19. The van der Waals surface area contributed by atoms with Gasteiger partial charge >= 0.3 is 12.0 Å². The molecule has 1 aromatic carbocycles. The van der Waals surface area contributed by atoms with Crippen molar-refractivity contribution in [2.45, 2.75) is 26.3 Å². The average molecular weight is 430 g/mol. The first-order valence-electron chi connectivity index (χ1n) is 7.41. The van der Waals surface area contributed by atoms with Crippen LogP contribution in [0.3, 0.4) is 0 Å². The number of ether oxygens (including phenoxy) is 2. The second-order valence-corrected chi connectivity index (χ2v) is 6.16. The molecular formula is C16H19IN2O4. The van der Waals surface area contributed by atoms with E-state index in [1.165, 1.54) is 0 Å². The lowest BCUT2D eigenvalue weighted by molar-refractivity contribution is -0.139. The highest BCUT2D eigenvalue weighted by molar-refractivity contribution is 14.1. The Hall–Kier alpha value is -1.77. The molecular weight excluding hydrogens is 411 g/mol. The van der Waals surface area contributed by atoms with Crippen molar-refractivity contribution in [3.63, 3.8) is 0 Å². The SMILES string of the molecule is CCOC(=O)C1=C(COc2cccc(I)c2)NC(=O)NC1CC. The molecule has 2 rings (SSSR count). The van der Waals surface area contributed by atoms with E-state index in [0.717, 1.165) is 3.57 Å². The number of hydrogen-bond donors (Lipinski definition) is 2. The van der Waals surface area contributed by atoms with Crippen molar-refractivity contribution in [1.82, 2.24) is 10.6 Å². The summed E-state index contributed by atoms with van der Waals surface area (Å²) in [6.45, 7) is 4.01. The minimum absolute atomic E-state index is 0.0954. The van der Waals surface area contributed by atoms with Crippen LogP contribution in [0.4, 0.5) is 4.79 Å². The zero-order valence-corrected chi connectivity index (χ0v) is 15.2. The van der Waals surface area contributed by atoms with Crippen molar-refractivity contribution in [2.75, 3.05) is 13.2 Å². The molecule has 0 radical (unpaired) electrons. The molecule has 1 unspecified atom stereocenters. The second-order valence-electron chi connectivity index (χ2n) is 4.92. The third-order valence-corrected chi connectivity index (χ3v) is 4.00. The molecule has 1 aromatic rings. The van der Waals surface area contributed by atoms with Crippen LogP contribution in [0.2, 0.25) is 0 Å². The van der Waals surface area contributed by atoms with Crippen LogP contribution in [0.1, 0.15) is 20.3 Å². The summed E-state index contributed by atoms with van der Waals surface area (Å²) in [5.74, 6) is 0.238. The average Bonchev–Trinajstić information content (AvgIpc) is 2.52. The number of nitrogens with one attached hydrogen (secondary N) is 2. The monoisotopic (exact) mass is 430 g/mol. The van der Waals surface area contributed by atoms with E-state index in [0.29, 0.717) is 23.4 Å². The van der Waals surface area contributed by atoms with E-state index in [4.69, 9.17) is 9.47 Å². The highest BCUT2D eigenvalue weighted by atomic mass is 127. The smallest absolute Gasteiger partial charge is 0.338 e. The molecule has 2 amide bonds. The van der Waals surface area contributed by atoms with Gasteiger partial charge in [-0.3, -0.25) is 0 Å². The minimum atomic E-state index is -0.437. The minimum Gasteiger partial charge on any atom is -0.487 e. The van der Waals surface area contributed by atoms with Crippen molar-refractivity contribution in [3.8, 4) is 5.75 Å². The van der Waals surface area contributed by atoms with E-state index in [2.05, 4.69) is 33.2 Å². The Bertz CT molecular complexity index is 630. The number of esters is 1. The first-order valence-corrected chi connectivity index (χ1v) is 8.49. The zero-order valence-electron chi connectivity index (χ0n) is 13.0. The fourth-order valence-electron chi connectivity index (χ4n) is 2.29. The fourth-order valence-corrected chi connectivity index (χ4v) is 2.80. The summed E-state index contributed by atoms with van der Waals surface area (Å²) in [7, 11) is 0. The summed E-state index contributed by atoms with van der Waals surface area (Å²) >= 11 is 2.19. The van der Waals surface area contributed by atoms with Crippen LogP contribution in [0.5, 0.6) is 5.75 Å². The van der Waals surface area contributed by atoms with Crippen LogP contribution >= 0.6 is 22.6 Å². The van der Waals surface area contributed by atoms with Gasteiger partial charge in [-0.15, -0.1) is 0 Å². The lowest BCUT2D eigenvalue weighted by atomic mass is 10.0. The van der Waals surface area contributed by atoms with Crippen molar-refractivity contribution in [3.05, 3.63) is 39.1 Å². The first kappa shape index (κ1) is 17.6. The lowest BCUT2D eigenvalue weighted by Crippen LogP contribution is -2.51. The Balaban J connectivity index is 2.24. The van der Waals surface area contributed by atoms with Crippen LogP contribution < -0.4 is 15.4 Å². The van der Waals surface area contributed by atoms with E-state index < -0.39 is 5.97 Å². The summed E-state index contributed by atoms with van der Waals surface area (Å²) in [6, 6.07) is 6.82. The number of halogens is 1. The standard InChI is InChI=1S/C16H19IN2O4/c1-3-12-14(15(20)22-4-2)13(19-16(21)18-12)9-23-11-7-5-6-10(17)8-11/h5-8,12H,3-4,9H2,1-2H3,(H2,18,19,21). The number of amides is 2. The highest BCUT2D eigenvalue weighted by Crippen LogP contribution is 2.20. The van der Waals surface area contributed by atoms with E-state index in [9.17, 15) is 9.59 Å². The van der Waals surface area contributed by atoms with Gasteiger partial charge in [0.2, 0.25) is 0 Å². The number of benzene rings is 1. The van der Waals surface area contributed by atoms with Gasteiger partial charge in [0.05, 0.1) is 23.9 Å². The maximum absolute atomic E-state index is 12.2. The number of carbonyl (C=O) groups excluding carboxylic acids is 2. The zero-order chi connectivity index (χ0) is 16.8. The molecule has 0 saturated carbocycles. The van der Waals surface area contributed by atoms with Gasteiger partial charge < -0.3 is 20.1 Å². The molecule has 2 N–H and O–H groups in total. The molecule has 23 heavy (non-hydrogen) atoms. The maximum Gasteiger partial charge on any atom is 0.338 e. The molecule has 7 heteroatoms. The van der Waals surface area contributed by atoms with E-state index in [1.807, 2.05) is 31.2 Å². The van der Waals surface area contributed by atoms with Crippen LogP contribution in [0.25, 0.3) is 0 Å². The molecule has 1 heterocycles. The van der Waals surface area contributed by atoms with Crippen molar-refractivity contribution >= 4 is 34.6 Å². The van der Waals surface area contributed by atoms with Crippen molar-refractivity contribution in [1.29, 1.82) is 0 Å². The molecule has 0 aromatic heterocycles. The number of carbonyl (C=O) groups is 2. The number of urea groups is 1. The predicted molar refractivity (Wildman–Crippen MR) is 94.1 cm³/mol. The summed E-state index contributed by atoms with van der Waals surface area (Å²) < 4.78 is 11.9. The highest BCUT2D eigenvalue weighted by Gasteiger charge is 2.31. The van der Waals surface area contributed by atoms with Gasteiger partial charge in [-0.25, -0.2) is 9.59 Å². The van der Waals surface area contributed by atoms with Crippen molar-refractivity contribution in [2.24, 2.45) is 0 Å². The summed E-state index contributed by atoms with van der Waals surface area (Å²) in [5, 5.41) is 5.38. The predicted octanol–water partition coefficient (Wildman–Crippen LogP) is 2.58. The third kappa shape index (κ3) is 4.60. The van der Waals surface area contributed by atoms with E-state index in [-0.39, 0.29) is 25.3 Å². The molecule has 1 aliphatic rings. The quantitative estimate of drug-likeness (QED) is 0.538. The van der Waals surface area contributed by atoms with Crippen LogP contribution in [-0.4, -0.2) is 31.3 Å². The molecule has 0 spiro atoms. The van der Waals surface area contributed by atoms with Crippen LogP contribution in [-0.2, 0) is 9.53 Å². The molecule has 1 atom stereocenters. The summed E-state index contributed by atoms with van der Waals surface area (Å²) in [5.41, 5.74) is 0.859. The first-order chi connectivity index (χ1) is 11.0. The number of rotatable bonds is 6. The Morgan fingerprint density at radius 3 is 2.78 bits per heavy atom. The Morgan fingerprint density at radius 2 is 2.13 bits per heavy atom. The third-order valence-electron chi connectivity index (χ3n) is 3.33. The topological polar surface area (TPSA) is 76.7 Å². The largest absolute Gasteiger partial charge is 0.487 e. The van der Waals surface area contributed by atoms with Gasteiger partial charge in [0.25, 0.3) is 0 Å². The van der Waals surface area contributed by atoms with Gasteiger partial charge in [0.1, 0.15) is 12.4 Å². The molecule has 1 aliphatic heterocycles. The van der Waals surface area contributed by atoms with Gasteiger partial charge in [-0.05, 0) is 54.1 Å². The van der Waals surface area contributed by atoms with Crippen molar-refractivity contribution < 1.29 is 19.1 Å². The Kier molecular flexibility index (Phi) is 6.26. The Morgan fingerprint density at radius 1 is 1.35 bits per heavy atom. The summed E-state index contributed by atoms with van der Waals surface area (Å²) in [6.07, 6.45) is 0.592. The molecule has 0 fully saturated rings. The molecule has 0 aliphatic carbocycles. The molecule has 6 nitrogen and oxygen atoms in total. The van der Waals surface area contributed by atoms with Crippen LogP contribution in [0, 0.1) is 3.57 Å². The normalized spacial score (nSPS) is 17.3. The van der Waals surface area contributed by atoms with Gasteiger partial charge in [0, 0.05) is 3.57 Å². The Labute approximate surface area is 148 Å². The van der Waals surface area contributed by atoms with Crippen LogP contribution in [0.15, 0.2) is 35.5 Å². The van der Waals surface area contributed by atoms with Gasteiger partial charge in [0.15, 0.2) is 0 Å². The molecule has 0 bridgehead atoms. The van der Waals surface area contributed by atoms with E-state index >= 15 is 0 Å². The number of hydrogen-bond acceptors (Lipinski definition) is 4. The molecule has 0 saturated heterocycles. The summed E-state index contributed by atoms with van der Waals surface area (Å²) in [4.78, 5) is 24.0. The maximum atomic E-state index is 12.2. The van der Waals surface area contributed by atoms with E-state index in [1.54, 1.807) is 6.92 Å².